The molecule has 0 spiro atoms. The van der Waals surface area contributed by atoms with Gasteiger partial charge in [-0.15, -0.1) is 0 Å². The van der Waals surface area contributed by atoms with Crippen LogP contribution in [0.3, 0.4) is 0 Å². The number of rotatable bonds is 17. The van der Waals surface area contributed by atoms with Gasteiger partial charge in [0.05, 0.1) is 13.1 Å². The molecule has 45 heavy (non-hydrogen) atoms. The van der Waals surface area contributed by atoms with E-state index in [1.165, 1.54) is 32.6 Å². The fourth-order valence-corrected chi connectivity index (χ4v) is 4.19. The Morgan fingerprint density at radius 2 is 1.33 bits per heavy atom. The van der Waals surface area contributed by atoms with Crippen LogP contribution in [0.25, 0.3) is 0 Å². The molecular formula is C26H45N11O8. The molecular weight excluding hydrogens is 594 g/mol. The van der Waals surface area contributed by atoms with E-state index in [9.17, 15) is 38.4 Å². The maximum atomic E-state index is 13.2. The molecule has 1 aliphatic rings. The predicted octanol–water partition coefficient (Wildman–Crippen LogP) is -5.23. The van der Waals surface area contributed by atoms with Crippen molar-refractivity contribution < 1.29 is 38.4 Å². The minimum Gasteiger partial charge on any atom is -0.370 e. The predicted molar refractivity (Wildman–Crippen MR) is 160 cm³/mol. The summed E-state index contributed by atoms with van der Waals surface area (Å²) in [5.41, 5.74) is 15.7. The number of hydrogen-bond donors (Lipinski definition) is 9. The first-order valence-corrected chi connectivity index (χ1v) is 14.4. The molecule has 1 aliphatic heterocycles. The first-order valence-electron chi connectivity index (χ1n) is 14.4. The van der Waals surface area contributed by atoms with Crippen LogP contribution in [0.1, 0.15) is 53.4 Å². The van der Waals surface area contributed by atoms with Gasteiger partial charge < -0.3 is 54.0 Å². The van der Waals surface area contributed by atoms with E-state index in [4.69, 9.17) is 17.2 Å². The van der Waals surface area contributed by atoms with Gasteiger partial charge in [-0.2, -0.15) is 0 Å². The SMILES string of the molecule is CC(=O)NCC(=O)N1CCC[C@H]1C(=O)N[C@@H](CCCN=C(N)N)C(=O)N[C@@H](C)C(=O)N[C@@H](C)C(=O)N[C@@H](C)C(=O)NCC(N)=O. The van der Waals surface area contributed by atoms with Crippen LogP contribution in [0.4, 0.5) is 0 Å². The molecule has 0 radical (unpaired) electrons. The van der Waals surface area contributed by atoms with Crippen LogP contribution in [0.15, 0.2) is 4.99 Å². The quantitative estimate of drug-likeness (QED) is 0.0414. The van der Waals surface area contributed by atoms with E-state index in [1.807, 2.05) is 0 Å². The zero-order chi connectivity index (χ0) is 34.3. The number of guanidine groups is 1. The van der Waals surface area contributed by atoms with Gasteiger partial charge in [-0.1, -0.05) is 0 Å². The summed E-state index contributed by atoms with van der Waals surface area (Å²) in [6, 6.07) is -5.28. The van der Waals surface area contributed by atoms with Gasteiger partial charge in [0, 0.05) is 20.0 Å². The van der Waals surface area contributed by atoms with Crippen molar-refractivity contribution in [1.29, 1.82) is 0 Å². The number of nitrogens with zero attached hydrogens (tertiary/aromatic N) is 2. The Morgan fingerprint density at radius 3 is 1.87 bits per heavy atom. The van der Waals surface area contributed by atoms with Crippen LogP contribution in [0.5, 0.6) is 0 Å². The van der Waals surface area contributed by atoms with Crippen molar-refractivity contribution in [2.75, 3.05) is 26.2 Å². The van der Waals surface area contributed by atoms with E-state index in [-0.39, 0.29) is 31.9 Å². The summed E-state index contributed by atoms with van der Waals surface area (Å²) in [4.78, 5) is 103. The fourth-order valence-electron chi connectivity index (χ4n) is 4.19. The first kappa shape index (κ1) is 38.1. The van der Waals surface area contributed by atoms with Crippen molar-refractivity contribution in [3.8, 4) is 0 Å². The molecule has 1 rings (SSSR count). The molecule has 0 aromatic heterocycles. The van der Waals surface area contributed by atoms with Crippen molar-refractivity contribution in [3.63, 3.8) is 0 Å². The van der Waals surface area contributed by atoms with Crippen molar-refractivity contribution in [1.82, 2.24) is 36.8 Å². The van der Waals surface area contributed by atoms with Gasteiger partial charge in [0.2, 0.25) is 47.3 Å². The Balaban J connectivity index is 2.84. The third kappa shape index (κ3) is 13.9. The largest absolute Gasteiger partial charge is 0.370 e. The van der Waals surface area contributed by atoms with Gasteiger partial charge >= 0.3 is 0 Å². The second-order valence-electron chi connectivity index (χ2n) is 10.5. The van der Waals surface area contributed by atoms with E-state index >= 15 is 0 Å². The fraction of sp³-hybridized carbons (Fsp3) is 0.654. The number of aliphatic imine (C=N–C) groups is 1. The summed E-state index contributed by atoms with van der Waals surface area (Å²) in [5, 5.41) is 14.6. The number of likely N-dealkylation sites (tertiary alicyclic amines) is 1. The van der Waals surface area contributed by atoms with Crippen LogP contribution >= 0.6 is 0 Å². The molecule has 19 heteroatoms. The third-order valence-corrected chi connectivity index (χ3v) is 6.64. The van der Waals surface area contributed by atoms with E-state index < -0.39 is 84.0 Å². The lowest BCUT2D eigenvalue weighted by Gasteiger charge is -2.27. The monoisotopic (exact) mass is 639 g/mol. The molecule has 8 amide bonds. The Labute approximate surface area is 260 Å². The number of carbonyl (C=O) groups excluding carboxylic acids is 8. The van der Waals surface area contributed by atoms with Crippen LogP contribution in [-0.4, -0.2) is 115 Å². The number of primary amides is 1. The van der Waals surface area contributed by atoms with E-state index in [1.54, 1.807) is 0 Å². The molecule has 0 aromatic rings. The normalized spacial score (nSPS) is 16.5. The summed E-state index contributed by atoms with van der Waals surface area (Å²) < 4.78 is 0. The van der Waals surface area contributed by atoms with Crippen LogP contribution in [0.2, 0.25) is 0 Å². The second-order valence-corrected chi connectivity index (χ2v) is 10.5. The van der Waals surface area contributed by atoms with Crippen molar-refractivity contribution in [3.05, 3.63) is 0 Å². The smallest absolute Gasteiger partial charge is 0.243 e. The van der Waals surface area contributed by atoms with E-state index in [0.29, 0.717) is 19.4 Å². The maximum Gasteiger partial charge on any atom is 0.243 e. The lowest BCUT2D eigenvalue weighted by molar-refractivity contribution is -0.139. The number of hydrogen-bond acceptors (Lipinski definition) is 9. The van der Waals surface area contributed by atoms with E-state index in [0.717, 1.165) is 0 Å². The van der Waals surface area contributed by atoms with Crippen molar-refractivity contribution in [2.45, 2.75) is 83.6 Å². The lowest BCUT2D eigenvalue weighted by Crippen LogP contribution is -2.58. The summed E-state index contributed by atoms with van der Waals surface area (Å²) in [5.74, 6) is -5.13. The molecule has 19 nitrogen and oxygen atoms in total. The minimum atomic E-state index is -1.15. The Hall–Kier alpha value is -4.97. The summed E-state index contributed by atoms with van der Waals surface area (Å²) >= 11 is 0. The maximum absolute atomic E-state index is 13.2. The molecule has 0 unspecified atom stereocenters. The van der Waals surface area contributed by atoms with Crippen molar-refractivity contribution in [2.24, 2.45) is 22.2 Å². The lowest BCUT2D eigenvalue weighted by atomic mass is 10.1. The molecule has 0 saturated carbocycles. The second kappa shape index (κ2) is 18.6. The standard InChI is InChI=1S/C26H45N11O8/c1-13(21(41)32-11-19(27)39)33-22(42)14(2)34-23(43)15(3)35-24(44)17(7-5-9-30-26(28)29)36-25(45)18-8-6-10-37(18)20(40)12-31-16(4)38/h13-15,17-18H,5-12H2,1-4H3,(H2,27,39)(H,31,38)(H,32,41)(H,33,42)(H,34,43)(H,35,44)(H,36,45)(H4,28,29,30)/t13-,14-,15-,17-,18-/m0/s1. The highest BCUT2D eigenvalue weighted by Crippen LogP contribution is 2.18. The Kier molecular flexibility index (Phi) is 15.8. The molecule has 0 aromatic carbocycles. The zero-order valence-electron chi connectivity index (χ0n) is 25.9. The third-order valence-electron chi connectivity index (χ3n) is 6.64. The Bertz CT molecular complexity index is 1160. The minimum absolute atomic E-state index is 0.0871. The van der Waals surface area contributed by atoms with Gasteiger partial charge in [0.1, 0.15) is 30.2 Å². The average Bonchev–Trinajstić information content (AvgIpc) is 3.46. The zero-order valence-corrected chi connectivity index (χ0v) is 25.9. The molecule has 252 valence electrons. The van der Waals surface area contributed by atoms with Gasteiger partial charge in [-0.3, -0.25) is 43.3 Å². The molecule has 12 N–H and O–H groups in total. The molecule has 1 heterocycles. The molecule has 5 atom stereocenters. The molecule has 0 bridgehead atoms. The van der Waals surface area contributed by atoms with E-state index in [2.05, 4.69) is 36.9 Å². The average molecular weight is 640 g/mol. The number of amides is 8. The van der Waals surface area contributed by atoms with Gasteiger partial charge in [-0.05, 0) is 46.5 Å². The molecule has 0 aliphatic carbocycles. The van der Waals surface area contributed by atoms with Crippen LogP contribution < -0.4 is 49.1 Å². The molecule has 1 fully saturated rings. The topological polar surface area (TPSA) is 302 Å². The van der Waals surface area contributed by atoms with Crippen LogP contribution in [0, 0.1) is 0 Å². The highest BCUT2D eigenvalue weighted by molar-refractivity contribution is 5.96. The number of nitrogens with two attached hydrogens (primary N) is 3. The van der Waals surface area contributed by atoms with Gasteiger partial charge in [0.25, 0.3) is 0 Å². The highest BCUT2D eigenvalue weighted by Gasteiger charge is 2.36. The van der Waals surface area contributed by atoms with Crippen molar-refractivity contribution >= 4 is 53.2 Å². The molecule has 1 saturated heterocycles. The highest BCUT2D eigenvalue weighted by atomic mass is 16.2. The number of carbonyl (C=O) groups is 8. The summed E-state index contributed by atoms with van der Waals surface area (Å²) in [6.45, 7) is 5.16. The van der Waals surface area contributed by atoms with Gasteiger partial charge in [-0.25, -0.2) is 0 Å². The van der Waals surface area contributed by atoms with Gasteiger partial charge in [0.15, 0.2) is 5.96 Å². The summed E-state index contributed by atoms with van der Waals surface area (Å²) in [6.07, 6.45) is 1.27. The number of nitrogens with one attached hydrogen (secondary N) is 6. The van der Waals surface area contributed by atoms with Crippen LogP contribution in [-0.2, 0) is 38.4 Å². The summed E-state index contributed by atoms with van der Waals surface area (Å²) in [7, 11) is 0. The Morgan fingerprint density at radius 1 is 0.778 bits per heavy atom. The first-order chi connectivity index (χ1) is 21.0.